The maximum atomic E-state index is 12.0. The van der Waals surface area contributed by atoms with Gasteiger partial charge in [0.25, 0.3) is 5.91 Å². The first kappa shape index (κ1) is 12.1. The Hall–Kier alpha value is -1.36. The van der Waals surface area contributed by atoms with E-state index in [0.717, 1.165) is 18.4 Å². The van der Waals surface area contributed by atoms with Crippen molar-refractivity contribution in [3.8, 4) is 0 Å². The van der Waals surface area contributed by atoms with Crippen LogP contribution in [-0.2, 0) is 4.79 Å². The van der Waals surface area contributed by atoms with Gasteiger partial charge in [0, 0.05) is 6.04 Å². The molecule has 0 saturated heterocycles. The topological polar surface area (TPSA) is 66.4 Å². The minimum atomic E-state index is -0.856. The van der Waals surface area contributed by atoms with Crippen LogP contribution in [0.5, 0.6) is 0 Å². The average molecular weight is 253 g/mol. The molecular formula is C12H15NO3S. The van der Waals surface area contributed by atoms with Gasteiger partial charge in [0.1, 0.15) is 0 Å². The summed E-state index contributed by atoms with van der Waals surface area (Å²) in [6.07, 6.45) is 2.05. The predicted octanol–water partition coefficient (Wildman–Crippen LogP) is 2.04. The van der Waals surface area contributed by atoms with E-state index in [2.05, 4.69) is 5.32 Å². The Kier molecular flexibility index (Phi) is 3.47. The number of thiophene rings is 1. The molecule has 2 rings (SSSR count). The van der Waals surface area contributed by atoms with E-state index in [4.69, 9.17) is 5.11 Å². The maximum Gasteiger partial charge on any atom is 0.305 e. The molecule has 5 heteroatoms. The number of aliphatic carboxylic acids is 1. The number of rotatable bonds is 5. The molecule has 1 atom stereocenters. The number of amides is 1. The third-order valence-corrected chi connectivity index (χ3v) is 3.99. The third kappa shape index (κ3) is 3.06. The van der Waals surface area contributed by atoms with Crippen molar-refractivity contribution in [1.82, 2.24) is 5.32 Å². The molecule has 1 amide bonds. The SMILES string of the molecule is Cc1ccsc1C(=O)NC(CC(=O)O)C1CC1. The zero-order valence-corrected chi connectivity index (χ0v) is 10.4. The molecule has 1 aromatic heterocycles. The van der Waals surface area contributed by atoms with Gasteiger partial charge >= 0.3 is 5.97 Å². The first-order valence-corrected chi connectivity index (χ1v) is 6.52. The van der Waals surface area contributed by atoms with Crippen LogP contribution in [0.25, 0.3) is 0 Å². The summed E-state index contributed by atoms with van der Waals surface area (Å²) in [4.78, 5) is 23.4. The van der Waals surface area contributed by atoms with Crippen LogP contribution in [0.15, 0.2) is 11.4 Å². The normalized spacial score (nSPS) is 16.5. The van der Waals surface area contributed by atoms with E-state index in [0.29, 0.717) is 10.8 Å². The molecule has 0 aliphatic heterocycles. The fraction of sp³-hybridized carbons (Fsp3) is 0.500. The van der Waals surface area contributed by atoms with Gasteiger partial charge in [0.15, 0.2) is 0 Å². The van der Waals surface area contributed by atoms with Gasteiger partial charge < -0.3 is 10.4 Å². The Morgan fingerprint density at radius 2 is 2.29 bits per heavy atom. The molecule has 0 radical (unpaired) electrons. The van der Waals surface area contributed by atoms with Crippen LogP contribution in [0, 0.1) is 12.8 Å². The lowest BCUT2D eigenvalue weighted by Gasteiger charge is -2.15. The molecule has 1 saturated carbocycles. The Labute approximate surface area is 104 Å². The van der Waals surface area contributed by atoms with Gasteiger partial charge in [-0.2, -0.15) is 0 Å². The summed E-state index contributed by atoms with van der Waals surface area (Å²) in [5.74, 6) is -0.656. The van der Waals surface area contributed by atoms with Crippen LogP contribution in [-0.4, -0.2) is 23.0 Å². The molecule has 1 fully saturated rings. The van der Waals surface area contributed by atoms with Crippen LogP contribution < -0.4 is 5.32 Å². The summed E-state index contributed by atoms with van der Waals surface area (Å²) in [6, 6.07) is 1.67. The highest BCUT2D eigenvalue weighted by molar-refractivity contribution is 7.12. The van der Waals surface area contributed by atoms with E-state index < -0.39 is 5.97 Å². The number of hydrogen-bond acceptors (Lipinski definition) is 3. The van der Waals surface area contributed by atoms with Gasteiger partial charge in [0.2, 0.25) is 0 Å². The molecule has 2 N–H and O–H groups in total. The molecule has 1 heterocycles. The van der Waals surface area contributed by atoms with E-state index in [1.165, 1.54) is 11.3 Å². The highest BCUT2D eigenvalue weighted by atomic mass is 32.1. The van der Waals surface area contributed by atoms with Gasteiger partial charge in [0.05, 0.1) is 11.3 Å². The second-order valence-electron chi connectivity index (χ2n) is 4.45. The molecule has 92 valence electrons. The van der Waals surface area contributed by atoms with E-state index >= 15 is 0 Å². The van der Waals surface area contributed by atoms with E-state index in [9.17, 15) is 9.59 Å². The van der Waals surface area contributed by atoms with Crippen molar-refractivity contribution in [2.75, 3.05) is 0 Å². The van der Waals surface area contributed by atoms with Crippen molar-refractivity contribution in [1.29, 1.82) is 0 Å². The summed E-state index contributed by atoms with van der Waals surface area (Å²) in [7, 11) is 0. The number of carbonyl (C=O) groups is 2. The first-order valence-electron chi connectivity index (χ1n) is 5.64. The summed E-state index contributed by atoms with van der Waals surface area (Å²) in [5.41, 5.74) is 0.942. The van der Waals surface area contributed by atoms with E-state index in [-0.39, 0.29) is 18.4 Å². The molecule has 0 bridgehead atoms. The lowest BCUT2D eigenvalue weighted by Crippen LogP contribution is -2.38. The molecule has 1 aliphatic carbocycles. The lowest BCUT2D eigenvalue weighted by atomic mass is 10.1. The smallest absolute Gasteiger partial charge is 0.305 e. The molecule has 0 spiro atoms. The van der Waals surface area contributed by atoms with E-state index in [1.54, 1.807) is 0 Å². The van der Waals surface area contributed by atoms with Gasteiger partial charge in [-0.3, -0.25) is 9.59 Å². The number of nitrogens with one attached hydrogen (secondary N) is 1. The van der Waals surface area contributed by atoms with Gasteiger partial charge in [-0.05, 0) is 42.7 Å². The highest BCUT2D eigenvalue weighted by Crippen LogP contribution is 2.34. The average Bonchev–Trinajstić information content (AvgIpc) is 3.00. The summed E-state index contributed by atoms with van der Waals surface area (Å²) >= 11 is 1.39. The van der Waals surface area contributed by atoms with Gasteiger partial charge in [-0.15, -0.1) is 11.3 Å². The van der Waals surface area contributed by atoms with Crippen molar-refractivity contribution in [3.63, 3.8) is 0 Å². The number of hydrogen-bond donors (Lipinski definition) is 2. The zero-order valence-electron chi connectivity index (χ0n) is 9.60. The fourth-order valence-corrected chi connectivity index (χ4v) is 2.69. The monoisotopic (exact) mass is 253 g/mol. The lowest BCUT2D eigenvalue weighted by molar-refractivity contribution is -0.137. The van der Waals surface area contributed by atoms with Gasteiger partial charge in [-0.25, -0.2) is 0 Å². The minimum Gasteiger partial charge on any atom is -0.481 e. The minimum absolute atomic E-state index is 0.0147. The predicted molar refractivity (Wildman–Crippen MR) is 65.3 cm³/mol. The summed E-state index contributed by atoms with van der Waals surface area (Å²) < 4.78 is 0. The molecule has 0 aromatic carbocycles. The quantitative estimate of drug-likeness (QED) is 0.844. The van der Waals surface area contributed by atoms with Crippen molar-refractivity contribution >= 4 is 23.2 Å². The largest absolute Gasteiger partial charge is 0.481 e. The third-order valence-electron chi connectivity index (χ3n) is 2.97. The Bertz CT molecular complexity index is 437. The second-order valence-corrected chi connectivity index (χ2v) is 5.36. The molecular weight excluding hydrogens is 238 g/mol. The molecule has 17 heavy (non-hydrogen) atoms. The maximum absolute atomic E-state index is 12.0. The fourth-order valence-electron chi connectivity index (χ4n) is 1.86. The number of carboxylic acid groups (broad SMARTS) is 1. The molecule has 1 unspecified atom stereocenters. The van der Waals surface area contributed by atoms with Gasteiger partial charge in [-0.1, -0.05) is 0 Å². The van der Waals surface area contributed by atoms with Crippen molar-refractivity contribution in [2.24, 2.45) is 5.92 Å². The highest BCUT2D eigenvalue weighted by Gasteiger charge is 2.34. The van der Waals surface area contributed by atoms with Crippen LogP contribution in [0.3, 0.4) is 0 Å². The van der Waals surface area contributed by atoms with Crippen LogP contribution in [0.4, 0.5) is 0 Å². The van der Waals surface area contributed by atoms with Crippen LogP contribution in [0.1, 0.15) is 34.5 Å². The number of carboxylic acids is 1. The summed E-state index contributed by atoms with van der Waals surface area (Å²) in [5, 5.41) is 13.5. The summed E-state index contributed by atoms with van der Waals surface area (Å²) in [6.45, 7) is 1.88. The van der Waals surface area contributed by atoms with E-state index in [1.807, 2.05) is 18.4 Å². The number of aryl methyl sites for hydroxylation is 1. The Balaban J connectivity index is 2.00. The van der Waals surface area contributed by atoms with Crippen LogP contribution >= 0.6 is 11.3 Å². The Morgan fingerprint density at radius 1 is 1.59 bits per heavy atom. The van der Waals surface area contributed by atoms with Crippen LogP contribution in [0.2, 0.25) is 0 Å². The van der Waals surface area contributed by atoms with Crippen molar-refractivity contribution in [2.45, 2.75) is 32.2 Å². The molecule has 1 aromatic rings. The Morgan fingerprint density at radius 3 is 2.76 bits per heavy atom. The standard InChI is InChI=1S/C12H15NO3S/c1-7-4-5-17-11(7)12(16)13-9(6-10(14)15)8-2-3-8/h4-5,8-9H,2-3,6H2,1H3,(H,13,16)(H,14,15). The first-order chi connectivity index (χ1) is 8.08. The second kappa shape index (κ2) is 4.87. The molecule has 4 nitrogen and oxygen atoms in total. The van der Waals surface area contributed by atoms with Crippen molar-refractivity contribution < 1.29 is 14.7 Å². The number of carbonyl (C=O) groups excluding carboxylic acids is 1. The van der Waals surface area contributed by atoms with Crippen molar-refractivity contribution in [3.05, 3.63) is 21.9 Å². The zero-order chi connectivity index (χ0) is 12.4. The molecule has 1 aliphatic rings.